The molecule has 3 N–H and O–H groups in total. The monoisotopic (exact) mass is 244 g/mol. The molecule has 0 amide bonds. The van der Waals surface area contributed by atoms with Crippen molar-refractivity contribution in [3.8, 4) is 0 Å². The fraction of sp³-hybridized carbons (Fsp3) is 0.500. The maximum Gasteiger partial charge on any atom is 0.209 e. The molecule has 1 heterocycles. The van der Waals surface area contributed by atoms with E-state index in [1.807, 2.05) is 0 Å². The molecule has 0 aliphatic heterocycles. The molecule has 0 saturated heterocycles. The molecule has 2 atom stereocenters. The van der Waals surface area contributed by atoms with E-state index in [0.29, 0.717) is 0 Å². The Labute approximate surface area is 95.4 Å². The van der Waals surface area contributed by atoms with Gasteiger partial charge in [-0.1, -0.05) is 13.0 Å². The van der Waals surface area contributed by atoms with Crippen LogP contribution in [0.2, 0.25) is 0 Å². The fourth-order valence-electron chi connectivity index (χ4n) is 1.56. The maximum absolute atomic E-state index is 11.1. The Morgan fingerprint density at radius 1 is 1.56 bits per heavy atom. The summed E-state index contributed by atoms with van der Waals surface area (Å²) in [6.45, 7) is 1.69. The number of nitrogens with two attached hydrogens (primary N) is 1. The zero-order valence-corrected chi connectivity index (χ0v) is 9.89. The number of primary sulfonamides is 1. The van der Waals surface area contributed by atoms with E-state index in [2.05, 4.69) is 4.98 Å². The highest BCUT2D eigenvalue weighted by atomic mass is 32.2. The van der Waals surface area contributed by atoms with Crippen LogP contribution in [0.25, 0.3) is 0 Å². The Morgan fingerprint density at radius 2 is 2.25 bits per heavy atom. The second-order valence-corrected chi connectivity index (χ2v) is 5.54. The van der Waals surface area contributed by atoms with E-state index < -0.39 is 10.0 Å². The lowest BCUT2D eigenvalue weighted by molar-refractivity contribution is 0.221. The lowest BCUT2D eigenvalue weighted by Gasteiger charge is -2.21. The molecule has 0 aliphatic carbocycles. The average molecular weight is 244 g/mol. The van der Waals surface area contributed by atoms with Crippen LogP contribution in [-0.2, 0) is 10.0 Å². The van der Waals surface area contributed by atoms with Crippen molar-refractivity contribution in [3.05, 3.63) is 30.1 Å². The molecule has 0 spiro atoms. The minimum atomic E-state index is -3.57. The van der Waals surface area contributed by atoms with Crippen LogP contribution in [0.15, 0.2) is 24.5 Å². The molecule has 0 aliphatic rings. The Hall–Kier alpha value is -0.980. The lowest BCUT2D eigenvalue weighted by Crippen LogP contribution is -2.27. The number of hydrogen-bond acceptors (Lipinski definition) is 4. The zero-order valence-electron chi connectivity index (χ0n) is 9.07. The average Bonchev–Trinajstić information content (AvgIpc) is 2.25. The van der Waals surface area contributed by atoms with Crippen molar-refractivity contribution in [2.24, 2.45) is 11.1 Å². The second kappa shape index (κ2) is 5.38. The van der Waals surface area contributed by atoms with E-state index >= 15 is 0 Å². The van der Waals surface area contributed by atoms with Gasteiger partial charge in [-0.05, 0) is 17.5 Å². The molecule has 0 radical (unpaired) electrons. The molecular formula is C10H16N2O3S. The minimum absolute atomic E-state index is 0.0882. The number of sulfonamides is 1. The molecular weight excluding hydrogens is 228 g/mol. The predicted molar refractivity (Wildman–Crippen MR) is 61.2 cm³/mol. The molecule has 0 fully saturated rings. The van der Waals surface area contributed by atoms with Gasteiger partial charge in [0.05, 0.1) is 5.75 Å². The Kier molecular flexibility index (Phi) is 4.40. The second-order valence-electron chi connectivity index (χ2n) is 3.88. The van der Waals surface area contributed by atoms with Crippen LogP contribution < -0.4 is 5.14 Å². The molecule has 5 nitrogen and oxygen atoms in total. The fourth-order valence-corrected chi connectivity index (χ4v) is 2.58. The Bertz CT molecular complexity index is 419. The third-order valence-electron chi connectivity index (χ3n) is 2.50. The van der Waals surface area contributed by atoms with Crippen LogP contribution in [0.1, 0.15) is 18.4 Å². The van der Waals surface area contributed by atoms with Crippen molar-refractivity contribution < 1.29 is 13.5 Å². The van der Waals surface area contributed by atoms with E-state index in [1.54, 1.807) is 31.5 Å². The smallest absolute Gasteiger partial charge is 0.209 e. The molecule has 2 unspecified atom stereocenters. The van der Waals surface area contributed by atoms with Crippen LogP contribution in [0.5, 0.6) is 0 Å². The summed E-state index contributed by atoms with van der Waals surface area (Å²) in [6.07, 6.45) is 3.21. The van der Waals surface area contributed by atoms with E-state index in [4.69, 9.17) is 10.2 Å². The van der Waals surface area contributed by atoms with Gasteiger partial charge in [0.1, 0.15) is 0 Å². The summed E-state index contributed by atoms with van der Waals surface area (Å²) in [5.74, 6) is -0.684. The minimum Gasteiger partial charge on any atom is -0.396 e. The van der Waals surface area contributed by atoms with Crippen molar-refractivity contribution in [2.75, 3.05) is 12.4 Å². The molecule has 16 heavy (non-hydrogen) atoms. The number of rotatable bonds is 5. The van der Waals surface area contributed by atoms with Gasteiger partial charge in [0.2, 0.25) is 10.0 Å². The third kappa shape index (κ3) is 3.88. The summed E-state index contributed by atoms with van der Waals surface area (Å²) >= 11 is 0. The summed E-state index contributed by atoms with van der Waals surface area (Å²) in [6, 6.07) is 3.52. The van der Waals surface area contributed by atoms with Crippen molar-refractivity contribution >= 4 is 10.0 Å². The third-order valence-corrected chi connectivity index (χ3v) is 3.32. The van der Waals surface area contributed by atoms with Gasteiger partial charge in [0, 0.05) is 24.9 Å². The highest BCUT2D eigenvalue weighted by Crippen LogP contribution is 2.24. The van der Waals surface area contributed by atoms with Crippen molar-refractivity contribution in [3.63, 3.8) is 0 Å². The van der Waals surface area contributed by atoms with Gasteiger partial charge in [0.25, 0.3) is 0 Å². The number of aliphatic hydroxyl groups is 1. The Morgan fingerprint density at radius 3 is 2.69 bits per heavy atom. The summed E-state index contributed by atoms with van der Waals surface area (Å²) in [7, 11) is -3.57. The number of aromatic nitrogens is 1. The van der Waals surface area contributed by atoms with Crippen LogP contribution in [0, 0.1) is 5.92 Å². The zero-order chi connectivity index (χ0) is 12.2. The van der Waals surface area contributed by atoms with Crippen molar-refractivity contribution in [1.29, 1.82) is 0 Å². The van der Waals surface area contributed by atoms with Gasteiger partial charge < -0.3 is 5.11 Å². The van der Waals surface area contributed by atoms with E-state index in [0.717, 1.165) is 5.56 Å². The molecule has 1 aromatic rings. The van der Waals surface area contributed by atoms with Crippen molar-refractivity contribution in [2.45, 2.75) is 12.8 Å². The van der Waals surface area contributed by atoms with E-state index in [1.165, 1.54) is 0 Å². The van der Waals surface area contributed by atoms with Gasteiger partial charge in [0.15, 0.2) is 0 Å². The molecule has 0 bridgehead atoms. The van der Waals surface area contributed by atoms with Gasteiger partial charge in [-0.15, -0.1) is 0 Å². The van der Waals surface area contributed by atoms with Crippen LogP contribution in [0.4, 0.5) is 0 Å². The number of aliphatic hydroxyl groups excluding tert-OH is 1. The van der Waals surface area contributed by atoms with E-state index in [-0.39, 0.29) is 24.2 Å². The van der Waals surface area contributed by atoms with Gasteiger partial charge in [-0.2, -0.15) is 0 Å². The Balaban J connectivity index is 2.97. The van der Waals surface area contributed by atoms with Crippen molar-refractivity contribution in [1.82, 2.24) is 4.98 Å². The summed E-state index contributed by atoms with van der Waals surface area (Å²) in [4.78, 5) is 3.94. The van der Waals surface area contributed by atoms with Gasteiger partial charge in [-0.25, -0.2) is 13.6 Å². The molecule has 90 valence electrons. The number of pyridine rings is 1. The summed E-state index contributed by atoms with van der Waals surface area (Å²) in [5.41, 5.74) is 0.776. The first kappa shape index (κ1) is 13.1. The first-order valence-electron chi connectivity index (χ1n) is 4.95. The largest absolute Gasteiger partial charge is 0.396 e. The highest BCUT2D eigenvalue weighted by Gasteiger charge is 2.23. The first-order valence-corrected chi connectivity index (χ1v) is 6.67. The SMILES string of the molecule is CC(CO)C(CS(N)(=O)=O)c1cccnc1. The standard InChI is InChI=1S/C10H16N2O3S/c1-8(6-13)10(7-16(11,14)15)9-3-2-4-12-5-9/h2-5,8,10,13H,6-7H2,1H3,(H2,11,14,15). The van der Waals surface area contributed by atoms with Gasteiger partial charge in [-0.3, -0.25) is 4.98 Å². The molecule has 0 saturated carbocycles. The molecule has 0 aromatic carbocycles. The summed E-state index contributed by atoms with van der Waals surface area (Å²) in [5, 5.41) is 14.1. The lowest BCUT2D eigenvalue weighted by atomic mass is 9.90. The first-order chi connectivity index (χ1) is 7.44. The van der Waals surface area contributed by atoms with Gasteiger partial charge >= 0.3 is 0 Å². The maximum atomic E-state index is 11.1. The van der Waals surface area contributed by atoms with E-state index in [9.17, 15) is 8.42 Å². The summed E-state index contributed by atoms with van der Waals surface area (Å²) < 4.78 is 22.2. The topological polar surface area (TPSA) is 93.3 Å². The highest BCUT2D eigenvalue weighted by molar-refractivity contribution is 7.89. The van der Waals surface area contributed by atoms with Crippen LogP contribution in [0.3, 0.4) is 0 Å². The normalized spacial score (nSPS) is 15.7. The predicted octanol–water partition coefficient (Wildman–Crippen LogP) is 0.0821. The van der Waals surface area contributed by atoms with Crippen LogP contribution >= 0.6 is 0 Å². The number of nitrogens with zero attached hydrogens (tertiary/aromatic N) is 1. The number of hydrogen-bond donors (Lipinski definition) is 2. The van der Waals surface area contributed by atoms with Crippen LogP contribution in [-0.4, -0.2) is 30.9 Å². The molecule has 1 rings (SSSR count). The molecule has 6 heteroatoms. The quantitative estimate of drug-likeness (QED) is 0.767. The molecule has 1 aromatic heterocycles.